The van der Waals surface area contributed by atoms with Gasteiger partial charge in [0.1, 0.15) is 0 Å². The lowest BCUT2D eigenvalue weighted by Gasteiger charge is -2.21. The molecule has 2 amide bonds. The van der Waals surface area contributed by atoms with Gasteiger partial charge < -0.3 is 15.5 Å². The highest BCUT2D eigenvalue weighted by Crippen LogP contribution is 2.29. The van der Waals surface area contributed by atoms with Gasteiger partial charge in [-0.25, -0.2) is 0 Å². The molecule has 1 aliphatic heterocycles. The predicted molar refractivity (Wildman–Crippen MR) is 105 cm³/mol. The van der Waals surface area contributed by atoms with Crippen LogP contribution in [0.15, 0.2) is 18.2 Å². The van der Waals surface area contributed by atoms with Crippen molar-refractivity contribution in [3.05, 3.63) is 28.2 Å². The molecule has 0 radical (unpaired) electrons. The number of hydrogen-bond acceptors (Lipinski definition) is 3. The highest BCUT2D eigenvalue weighted by Gasteiger charge is 2.20. The van der Waals surface area contributed by atoms with Crippen molar-refractivity contribution in [3.63, 3.8) is 0 Å². The zero-order valence-corrected chi connectivity index (χ0v) is 16.5. The first-order valence-electron chi connectivity index (χ1n) is 8.23. The fourth-order valence-corrected chi connectivity index (χ4v) is 3.28. The number of likely N-dealkylation sites (N-methyl/N-ethyl adjacent to an activating group) is 1. The molecule has 0 saturated carbocycles. The topological polar surface area (TPSA) is 61.4 Å². The van der Waals surface area contributed by atoms with E-state index in [2.05, 4.69) is 10.6 Å². The highest BCUT2D eigenvalue weighted by molar-refractivity contribution is 6.39. The van der Waals surface area contributed by atoms with Crippen molar-refractivity contribution in [1.29, 1.82) is 0 Å². The molecule has 25 heavy (non-hydrogen) atoms. The van der Waals surface area contributed by atoms with Gasteiger partial charge >= 0.3 is 0 Å². The lowest BCUT2D eigenvalue weighted by atomic mass is 10.0. The van der Waals surface area contributed by atoms with Gasteiger partial charge in [-0.15, -0.1) is 12.4 Å². The Bertz CT molecular complexity index is 572. The van der Waals surface area contributed by atoms with Crippen LogP contribution in [0.25, 0.3) is 0 Å². The van der Waals surface area contributed by atoms with Gasteiger partial charge in [-0.1, -0.05) is 29.3 Å². The minimum atomic E-state index is -0.303. The Hall–Kier alpha value is -1.01. The molecule has 1 saturated heterocycles. The van der Waals surface area contributed by atoms with Gasteiger partial charge in [0.2, 0.25) is 11.8 Å². The number of nitrogens with zero attached hydrogens (tertiary/aromatic N) is 1. The SMILES string of the molecule is CCN(CC(=O)Nc1c(Cl)cccc1Cl)C(=O)CCC1CCNC1.Cl. The molecule has 2 rings (SSSR count). The molecule has 1 heterocycles. The fraction of sp³-hybridized carbons (Fsp3) is 0.529. The lowest BCUT2D eigenvalue weighted by molar-refractivity contribution is -0.134. The number of halogens is 3. The molecular formula is C17H24Cl3N3O2. The molecule has 1 atom stereocenters. The first-order chi connectivity index (χ1) is 11.5. The monoisotopic (exact) mass is 407 g/mol. The van der Waals surface area contributed by atoms with E-state index in [1.165, 1.54) is 0 Å². The van der Waals surface area contributed by atoms with Crippen molar-refractivity contribution < 1.29 is 9.59 Å². The van der Waals surface area contributed by atoms with Crippen LogP contribution >= 0.6 is 35.6 Å². The summed E-state index contributed by atoms with van der Waals surface area (Å²) in [4.78, 5) is 26.1. The van der Waals surface area contributed by atoms with Gasteiger partial charge in [0.15, 0.2) is 0 Å². The number of para-hydroxylation sites is 1. The molecule has 8 heteroatoms. The van der Waals surface area contributed by atoms with Crippen LogP contribution in [0.3, 0.4) is 0 Å². The number of amides is 2. The smallest absolute Gasteiger partial charge is 0.244 e. The van der Waals surface area contributed by atoms with E-state index in [0.717, 1.165) is 25.9 Å². The maximum Gasteiger partial charge on any atom is 0.244 e. The quantitative estimate of drug-likeness (QED) is 0.725. The second-order valence-electron chi connectivity index (χ2n) is 5.95. The predicted octanol–water partition coefficient (Wildman–Crippen LogP) is 3.59. The molecule has 0 aliphatic carbocycles. The van der Waals surface area contributed by atoms with E-state index in [0.29, 0.717) is 34.6 Å². The van der Waals surface area contributed by atoms with Crippen LogP contribution in [0.2, 0.25) is 10.0 Å². The Labute approximate surface area is 164 Å². The second kappa shape index (κ2) is 10.9. The van der Waals surface area contributed by atoms with Gasteiger partial charge in [-0.3, -0.25) is 9.59 Å². The summed E-state index contributed by atoms with van der Waals surface area (Å²) in [6.07, 6.45) is 2.45. The summed E-state index contributed by atoms with van der Waals surface area (Å²) in [5.74, 6) is 0.260. The van der Waals surface area contributed by atoms with Gasteiger partial charge in [0, 0.05) is 13.0 Å². The highest BCUT2D eigenvalue weighted by atomic mass is 35.5. The van der Waals surface area contributed by atoms with E-state index < -0.39 is 0 Å². The molecular weight excluding hydrogens is 385 g/mol. The van der Waals surface area contributed by atoms with E-state index in [9.17, 15) is 9.59 Å². The maximum absolute atomic E-state index is 12.3. The number of nitrogens with one attached hydrogen (secondary N) is 2. The summed E-state index contributed by atoms with van der Waals surface area (Å²) in [5, 5.41) is 6.73. The van der Waals surface area contributed by atoms with Crippen molar-refractivity contribution in [1.82, 2.24) is 10.2 Å². The number of anilines is 1. The molecule has 2 N–H and O–H groups in total. The molecule has 0 spiro atoms. The van der Waals surface area contributed by atoms with Crippen LogP contribution in [-0.2, 0) is 9.59 Å². The summed E-state index contributed by atoms with van der Waals surface area (Å²) >= 11 is 12.1. The largest absolute Gasteiger partial charge is 0.334 e. The Morgan fingerprint density at radius 2 is 2.00 bits per heavy atom. The number of carbonyl (C=O) groups is 2. The van der Waals surface area contributed by atoms with E-state index >= 15 is 0 Å². The third-order valence-electron chi connectivity index (χ3n) is 4.22. The minimum Gasteiger partial charge on any atom is -0.334 e. The summed E-state index contributed by atoms with van der Waals surface area (Å²) in [6.45, 7) is 4.36. The summed E-state index contributed by atoms with van der Waals surface area (Å²) in [7, 11) is 0. The maximum atomic E-state index is 12.3. The fourth-order valence-electron chi connectivity index (χ4n) is 2.79. The Morgan fingerprint density at radius 1 is 1.32 bits per heavy atom. The minimum absolute atomic E-state index is 0. The molecule has 1 unspecified atom stereocenters. The van der Waals surface area contributed by atoms with Gasteiger partial charge in [0.25, 0.3) is 0 Å². The van der Waals surface area contributed by atoms with Gasteiger partial charge in [-0.2, -0.15) is 0 Å². The lowest BCUT2D eigenvalue weighted by Crippen LogP contribution is -2.38. The van der Waals surface area contributed by atoms with E-state index in [1.54, 1.807) is 23.1 Å². The molecule has 1 aromatic rings. The van der Waals surface area contributed by atoms with Crippen LogP contribution in [-0.4, -0.2) is 42.9 Å². The molecule has 1 fully saturated rings. The standard InChI is InChI=1S/C17H23Cl2N3O2.ClH/c1-2-22(16(24)7-6-12-8-9-20-10-12)11-15(23)21-17-13(18)4-3-5-14(17)19;/h3-5,12,20H,2,6-11H2,1H3,(H,21,23);1H. The first-order valence-corrected chi connectivity index (χ1v) is 8.99. The third-order valence-corrected chi connectivity index (χ3v) is 4.85. The number of benzene rings is 1. The zero-order chi connectivity index (χ0) is 17.5. The van der Waals surface area contributed by atoms with Crippen molar-refractivity contribution in [3.8, 4) is 0 Å². The molecule has 0 bridgehead atoms. The van der Waals surface area contributed by atoms with Crippen LogP contribution in [0.5, 0.6) is 0 Å². The Kier molecular flexibility index (Phi) is 9.57. The van der Waals surface area contributed by atoms with E-state index in [-0.39, 0.29) is 30.8 Å². The van der Waals surface area contributed by atoms with Gasteiger partial charge in [0.05, 0.1) is 22.3 Å². The molecule has 1 aliphatic rings. The van der Waals surface area contributed by atoms with Crippen LogP contribution in [0.4, 0.5) is 5.69 Å². The summed E-state index contributed by atoms with van der Waals surface area (Å²) in [5.41, 5.74) is 0.381. The third kappa shape index (κ3) is 6.66. The average Bonchev–Trinajstić information content (AvgIpc) is 3.07. The van der Waals surface area contributed by atoms with Crippen molar-refractivity contribution >= 4 is 53.1 Å². The van der Waals surface area contributed by atoms with Crippen LogP contribution < -0.4 is 10.6 Å². The van der Waals surface area contributed by atoms with Crippen molar-refractivity contribution in [2.45, 2.75) is 26.2 Å². The van der Waals surface area contributed by atoms with Crippen molar-refractivity contribution in [2.75, 3.05) is 31.5 Å². The Balaban J connectivity index is 0.00000312. The van der Waals surface area contributed by atoms with E-state index in [4.69, 9.17) is 23.2 Å². The zero-order valence-electron chi connectivity index (χ0n) is 14.2. The first kappa shape index (κ1) is 22.0. The molecule has 0 aromatic heterocycles. The van der Waals surface area contributed by atoms with Crippen molar-refractivity contribution in [2.24, 2.45) is 5.92 Å². The molecule has 140 valence electrons. The summed E-state index contributed by atoms with van der Waals surface area (Å²) < 4.78 is 0. The summed E-state index contributed by atoms with van der Waals surface area (Å²) in [6, 6.07) is 5.02. The number of carbonyl (C=O) groups excluding carboxylic acids is 2. The average molecular weight is 409 g/mol. The van der Waals surface area contributed by atoms with Gasteiger partial charge in [-0.05, 0) is 50.9 Å². The van der Waals surface area contributed by atoms with E-state index in [1.807, 2.05) is 6.92 Å². The van der Waals surface area contributed by atoms with Crippen LogP contribution in [0.1, 0.15) is 26.2 Å². The van der Waals surface area contributed by atoms with Crippen LogP contribution in [0, 0.1) is 5.92 Å². The second-order valence-corrected chi connectivity index (χ2v) is 6.76. The Morgan fingerprint density at radius 3 is 2.56 bits per heavy atom. The normalized spacial score (nSPS) is 16.2. The molecule has 1 aromatic carbocycles. The molecule has 5 nitrogen and oxygen atoms in total. The number of hydrogen-bond donors (Lipinski definition) is 2. The number of rotatable bonds is 7.